The van der Waals surface area contributed by atoms with Gasteiger partial charge in [-0.05, 0) is 24.3 Å². The summed E-state index contributed by atoms with van der Waals surface area (Å²) >= 11 is 0. The van der Waals surface area contributed by atoms with Crippen LogP contribution in [0.25, 0.3) is 0 Å². The summed E-state index contributed by atoms with van der Waals surface area (Å²) in [6.45, 7) is -0.0955. The first-order valence-corrected chi connectivity index (χ1v) is 5.92. The predicted octanol–water partition coefficient (Wildman–Crippen LogP) is 1.10. The number of amides is 1. The Balaban J connectivity index is 1.93. The van der Waals surface area contributed by atoms with E-state index in [0.29, 0.717) is 11.3 Å². The van der Waals surface area contributed by atoms with Gasteiger partial charge in [0.15, 0.2) is 5.78 Å². The lowest BCUT2D eigenvalue weighted by Crippen LogP contribution is -2.30. The van der Waals surface area contributed by atoms with Crippen molar-refractivity contribution in [2.45, 2.75) is 0 Å². The molecule has 0 bridgehead atoms. The zero-order valence-corrected chi connectivity index (χ0v) is 10.9. The molecular formula is C14H13N3O3. The molecule has 1 amide bonds. The molecule has 1 heterocycles. The number of nitrogens with one attached hydrogen (secondary N) is 1. The van der Waals surface area contributed by atoms with Crippen molar-refractivity contribution in [2.75, 3.05) is 13.7 Å². The Labute approximate surface area is 115 Å². The zero-order chi connectivity index (χ0) is 14.4. The Morgan fingerprint density at radius 1 is 1.20 bits per heavy atom. The molecule has 102 valence electrons. The maximum atomic E-state index is 11.9. The number of rotatable bonds is 5. The van der Waals surface area contributed by atoms with Crippen molar-refractivity contribution in [1.29, 1.82) is 0 Å². The SMILES string of the molecule is COc1ccc(C(=O)CNC(=O)c2cnccn2)cc1. The number of benzene rings is 1. The molecule has 20 heavy (non-hydrogen) atoms. The monoisotopic (exact) mass is 271 g/mol. The van der Waals surface area contributed by atoms with E-state index < -0.39 is 5.91 Å². The topological polar surface area (TPSA) is 81.2 Å². The third kappa shape index (κ3) is 3.38. The summed E-state index contributed by atoms with van der Waals surface area (Å²) in [4.78, 5) is 31.2. The average Bonchev–Trinajstić information content (AvgIpc) is 2.53. The van der Waals surface area contributed by atoms with Crippen LogP contribution in [0, 0.1) is 0 Å². The van der Waals surface area contributed by atoms with E-state index in [4.69, 9.17) is 4.74 Å². The quantitative estimate of drug-likeness (QED) is 0.823. The van der Waals surface area contributed by atoms with E-state index in [2.05, 4.69) is 15.3 Å². The molecule has 0 spiro atoms. The predicted molar refractivity (Wildman–Crippen MR) is 71.7 cm³/mol. The van der Waals surface area contributed by atoms with Crippen molar-refractivity contribution in [2.24, 2.45) is 0 Å². The second kappa shape index (κ2) is 6.42. The third-order valence-corrected chi connectivity index (χ3v) is 2.62. The zero-order valence-electron chi connectivity index (χ0n) is 10.9. The largest absolute Gasteiger partial charge is 0.497 e. The lowest BCUT2D eigenvalue weighted by Gasteiger charge is -2.05. The molecule has 2 aromatic rings. The van der Waals surface area contributed by atoms with E-state index >= 15 is 0 Å². The smallest absolute Gasteiger partial charge is 0.271 e. The number of hydrogen-bond donors (Lipinski definition) is 1. The van der Waals surface area contributed by atoms with Crippen LogP contribution in [0.2, 0.25) is 0 Å². The summed E-state index contributed by atoms with van der Waals surface area (Å²) in [5, 5.41) is 2.50. The Kier molecular flexibility index (Phi) is 4.39. The summed E-state index contributed by atoms with van der Waals surface area (Å²) < 4.78 is 5.01. The highest BCUT2D eigenvalue weighted by atomic mass is 16.5. The molecule has 1 N–H and O–H groups in total. The number of nitrogens with zero attached hydrogens (tertiary/aromatic N) is 2. The van der Waals surface area contributed by atoms with Gasteiger partial charge in [-0.2, -0.15) is 0 Å². The van der Waals surface area contributed by atoms with Gasteiger partial charge in [0.05, 0.1) is 19.9 Å². The maximum absolute atomic E-state index is 11.9. The number of carbonyl (C=O) groups is 2. The van der Waals surface area contributed by atoms with Gasteiger partial charge in [-0.1, -0.05) is 0 Å². The maximum Gasteiger partial charge on any atom is 0.271 e. The molecule has 0 unspecified atom stereocenters. The van der Waals surface area contributed by atoms with Gasteiger partial charge in [0.2, 0.25) is 0 Å². The molecule has 0 fully saturated rings. The van der Waals surface area contributed by atoms with Gasteiger partial charge in [0, 0.05) is 18.0 Å². The minimum atomic E-state index is -0.431. The Bertz CT molecular complexity index is 597. The van der Waals surface area contributed by atoms with Crippen LogP contribution in [0.15, 0.2) is 42.9 Å². The van der Waals surface area contributed by atoms with Crippen molar-refractivity contribution in [3.8, 4) is 5.75 Å². The van der Waals surface area contributed by atoms with E-state index in [1.165, 1.54) is 18.6 Å². The van der Waals surface area contributed by atoms with Crippen molar-refractivity contribution < 1.29 is 14.3 Å². The second-order valence-corrected chi connectivity index (χ2v) is 3.93. The highest BCUT2D eigenvalue weighted by molar-refractivity contribution is 6.01. The number of aromatic nitrogens is 2. The van der Waals surface area contributed by atoms with Crippen molar-refractivity contribution in [3.05, 3.63) is 54.1 Å². The fourth-order valence-electron chi connectivity index (χ4n) is 1.55. The van der Waals surface area contributed by atoms with Crippen LogP contribution in [0.3, 0.4) is 0 Å². The molecule has 6 heteroatoms. The van der Waals surface area contributed by atoms with Crippen LogP contribution in [-0.2, 0) is 0 Å². The standard InChI is InChI=1S/C14H13N3O3/c1-20-11-4-2-10(3-5-11)13(18)9-17-14(19)12-8-15-6-7-16-12/h2-8H,9H2,1H3,(H,17,19). The molecule has 1 aromatic heterocycles. The number of ketones is 1. The molecule has 6 nitrogen and oxygen atoms in total. The molecule has 0 aliphatic rings. The third-order valence-electron chi connectivity index (χ3n) is 2.62. The second-order valence-electron chi connectivity index (χ2n) is 3.93. The lowest BCUT2D eigenvalue weighted by molar-refractivity contribution is 0.0900. The minimum Gasteiger partial charge on any atom is -0.497 e. The number of methoxy groups -OCH3 is 1. The van der Waals surface area contributed by atoms with Gasteiger partial charge in [0.25, 0.3) is 5.91 Å². The fraction of sp³-hybridized carbons (Fsp3) is 0.143. The van der Waals surface area contributed by atoms with Gasteiger partial charge < -0.3 is 10.1 Å². The number of Topliss-reactive ketones (excluding diaryl/α,β-unsaturated/α-hetero) is 1. The molecule has 0 radical (unpaired) electrons. The summed E-state index contributed by atoms with van der Waals surface area (Å²) in [5.41, 5.74) is 0.681. The van der Waals surface area contributed by atoms with Gasteiger partial charge in [0.1, 0.15) is 11.4 Å². The molecule has 2 rings (SSSR count). The van der Waals surface area contributed by atoms with Gasteiger partial charge in [-0.3, -0.25) is 14.6 Å². The summed E-state index contributed by atoms with van der Waals surface area (Å²) in [6, 6.07) is 6.68. The molecule has 0 saturated heterocycles. The Morgan fingerprint density at radius 2 is 1.95 bits per heavy atom. The van der Waals surface area contributed by atoms with E-state index in [9.17, 15) is 9.59 Å². The average molecular weight is 271 g/mol. The first-order chi connectivity index (χ1) is 9.70. The van der Waals surface area contributed by atoms with E-state index in [0.717, 1.165) is 0 Å². The molecular weight excluding hydrogens is 258 g/mol. The van der Waals surface area contributed by atoms with Crippen LogP contribution >= 0.6 is 0 Å². The van der Waals surface area contributed by atoms with Gasteiger partial charge in [-0.15, -0.1) is 0 Å². The minimum absolute atomic E-state index is 0.0955. The van der Waals surface area contributed by atoms with Crippen LogP contribution in [0.4, 0.5) is 0 Å². The molecule has 0 aliphatic carbocycles. The van der Waals surface area contributed by atoms with E-state index in [-0.39, 0.29) is 18.0 Å². The highest BCUT2D eigenvalue weighted by Gasteiger charge is 2.10. The van der Waals surface area contributed by atoms with E-state index in [1.807, 2.05) is 0 Å². The van der Waals surface area contributed by atoms with Crippen LogP contribution < -0.4 is 10.1 Å². The van der Waals surface area contributed by atoms with Crippen molar-refractivity contribution in [3.63, 3.8) is 0 Å². The summed E-state index contributed by atoms with van der Waals surface area (Å²) in [6.07, 6.45) is 4.23. The Hall–Kier alpha value is -2.76. The summed E-state index contributed by atoms with van der Waals surface area (Å²) in [7, 11) is 1.55. The van der Waals surface area contributed by atoms with Crippen LogP contribution in [-0.4, -0.2) is 35.3 Å². The molecule has 0 saturated carbocycles. The molecule has 1 aromatic carbocycles. The lowest BCUT2D eigenvalue weighted by atomic mass is 10.1. The van der Waals surface area contributed by atoms with Crippen molar-refractivity contribution in [1.82, 2.24) is 15.3 Å². The highest BCUT2D eigenvalue weighted by Crippen LogP contribution is 2.11. The first kappa shape index (κ1) is 13.7. The molecule has 0 atom stereocenters. The molecule has 0 aliphatic heterocycles. The van der Waals surface area contributed by atoms with Gasteiger partial charge >= 0.3 is 0 Å². The van der Waals surface area contributed by atoms with Gasteiger partial charge in [-0.25, -0.2) is 4.98 Å². The number of carbonyl (C=O) groups excluding carboxylic acids is 2. The summed E-state index contributed by atoms with van der Waals surface area (Å²) in [5.74, 6) is 0.0509. The fourth-order valence-corrected chi connectivity index (χ4v) is 1.55. The van der Waals surface area contributed by atoms with Crippen LogP contribution in [0.1, 0.15) is 20.8 Å². The number of hydrogen-bond acceptors (Lipinski definition) is 5. The van der Waals surface area contributed by atoms with Crippen molar-refractivity contribution >= 4 is 11.7 Å². The Morgan fingerprint density at radius 3 is 2.55 bits per heavy atom. The van der Waals surface area contributed by atoms with E-state index in [1.54, 1.807) is 31.4 Å². The normalized spacial score (nSPS) is 9.85. The first-order valence-electron chi connectivity index (χ1n) is 5.92. The van der Waals surface area contributed by atoms with Crippen LogP contribution in [0.5, 0.6) is 5.75 Å². The number of ether oxygens (including phenoxy) is 1.